The zero-order valence-corrected chi connectivity index (χ0v) is 8.82. The van der Waals surface area contributed by atoms with Crippen LogP contribution in [0, 0.1) is 5.41 Å². The van der Waals surface area contributed by atoms with Gasteiger partial charge in [0.2, 0.25) is 0 Å². The second kappa shape index (κ2) is 6.44. The van der Waals surface area contributed by atoms with E-state index < -0.39 is 0 Å². The van der Waals surface area contributed by atoms with Crippen molar-refractivity contribution in [2.24, 2.45) is 11.1 Å². The lowest BCUT2D eigenvalue weighted by atomic mass is 9.79. The van der Waals surface area contributed by atoms with Crippen molar-refractivity contribution in [3.8, 4) is 0 Å². The summed E-state index contributed by atoms with van der Waals surface area (Å²) < 4.78 is 0. The zero-order chi connectivity index (χ0) is 9.45. The smallest absolute Gasteiger partial charge is 0.00169 e. The Balaban J connectivity index is 4.06. The van der Waals surface area contributed by atoms with Crippen molar-refractivity contribution in [1.82, 2.24) is 5.32 Å². The highest BCUT2D eigenvalue weighted by molar-refractivity contribution is 4.81. The van der Waals surface area contributed by atoms with Crippen LogP contribution in [0.25, 0.3) is 0 Å². The van der Waals surface area contributed by atoms with E-state index in [4.69, 9.17) is 5.73 Å². The van der Waals surface area contributed by atoms with E-state index in [-0.39, 0.29) is 0 Å². The molecule has 0 radical (unpaired) electrons. The van der Waals surface area contributed by atoms with Gasteiger partial charge in [0, 0.05) is 6.54 Å². The summed E-state index contributed by atoms with van der Waals surface area (Å²) in [6, 6.07) is 0. The highest BCUT2D eigenvalue weighted by Gasteiger charge is 2.25. The molecule has 0 aromatic heterocycles. The molecule has 0 spiro atoms. The number of nitrogens with one attached hydrogen (secondary N) is 1. The normalized spacial score (nSPS) is 12.0. The Morgan fingerprint density at radius 2 is 1.67 bits per heavy atom. The summed E-state index contributed by atoms with van der Waals surface area (Å²) in [4.78, 5) is 0. The van der Waals surface area contributed by atoms with Crippen molar-refractivity contribution in [3.63, 3.8) is 0 Å². The molecule has 0 rings (SSSR count). The Hall–Kier alpha value is -0.0800. The molecule has 0 amide bonds. The minimum Gasteiger partial charge on any atom is -0.330 e. The fourth-order valence-corrected chi connectivity index (χ4v) is 2.01. The van der Waals surface area contributed by atoms with Gasteiger partial charge in [-0.15, -0.1) is 0 Å². The first kappa shape index (κ1) is 11.9. The quantitative estimate of drug-likeness (QED) is 0.614. The summed E-state index contributed by atoms with van der Waals surface area (Å²) in [5.41, 5.74) is 6.19. The Bertz CT molecular complexity index is 85.0. The van der Waals surface area contributed by atoms with Crippen LogP contribution in [-0.4, -0.2) is 20.1 Å². The van der Waals surface area contributed by atoms with Gasteiger partial charge in [-0.1, -0.05) is 26.7 Å². The Morgan fingerprint density at radius 1 is 1.17 bits per heavy atom. The van der Waals surface area contributed by atoms with Crippen LogP contribution in [0.3, 0.4) is 0 Å². The van der Waals surface area contributed by atoms with Gasteiger partial charge in [-0.3, -0.25) is 0 Å². The molecule has 0 aliphatic carbocycles. The Labute approximate surface area is 76.9 Å². The van der Waals surface area contributed by atoms with E-state index in [1.54, 1.807) is 0 Å². The summed E-state index contributed by atoms with van der Waals surface area (Å²) in [6.45, 7) is 6.34. The van der Waals surface area contributed by atoms with E-state index in [0.29, 0.717) is 5.41 Å². The van der Waals surface area contributed by atoms with Crippen LogP contribution in [0.15, 0.2) is 0 Å². The highest BCUT2D eigenvalue weighted by atomic mass is 14.8. The SMILES string of the molecule is CCCC(CN)(CCC)CNC. The van der Waals surface area contributed by atoms with Gasteiger partial charge < -0.3 is 11.1 Å². The van der Waals surface area contributed by atoms with Gasteiger partial charge in [0.15, 0.2) is 0 Å². The number of hydrogen-bond acceptors (Lipinski definition) is 2. The van der Waals surface area contributed by atoms with Gasteiger partial charge in [-0.2, -0.15) is 0 Å². The molecule has 0 bridgehead atoms. The number of rotatable bonds is 7. The fraction of sp³-hybridized carbons (Fsp3) is 1.00. The number of nitrogens with two attached hydrogens (primary N) is 1. The molecule has 0 saturated heterocycles. The average molecular weight is 172 g/mol. The number of hydrogen-bond donors (Lipinski definition) is 2. The maximum absolute atomic E-state index is 5.83. The summed E-state index contributed by atoms with van der Waals surface area (Å²) >= 11 is 0. The van der Waals surface area contributed by atoms with Crippen molar-refractivity contribution in [3.05, 3.63) is 0 Å². The van der Waals surface area contributed by atoms with E-state index >= 15 is 0 Å². The van der Waals surface area contributed by atoms with Crippen LogP contribution in [-0.2, 0) is 0 Å². The monoisotopic (exact) mass is 172 g/mol. The molecule has 0 saturated carbocycles. The summed E-state index contributed by atoms with van der Waals surface area (Å²) in [6.07, 6.45) is 4.97. The maximum atomic E-state index is 5.83. The molecular formula is C10H24N2. The van der Waals surface area contributed by atoms with Crippen molar-refractivity contribution in [2.75, 3.05) is 20.1 Å². The molecule has 74 valence electrons. The summed E-state index contributed by atoms with van der Waals surface area (Å²) in [5.74, 6) is 0. The molecule has 2 nitrogen and oxygen atoms in total. The molecule has 0 unspecified atom stereocenters. The van der Waals surface area contributed by atoms with Crippen LogP contribution in [0.2, 0.25) is 0 Å². The lowest BCUT2D eigenvalue weighted by Crippen LogP contribution is -2.39. The lowest BCUT2D eigenvalue weighted by molar-refractivity contribution is 0.239. The second-order valence-electron chi connectivity index (χ2n) is 3.73. The molecular weight excluding hydrogens is 148 g/mol. The molecule has 3 N–H and O–H groups in total. The van der Waals surface area contributed by atoms with Gasteiger partial charge in [0.1, 0.15) is 0 Å². The second-order valence-corrected chi connectivity index (χ2v) is 3.73. The molecule has 0 aromatic rings. The van der Waals surface area contributed by atoms with Gasteiger partial charge in [0.05, 0.1) is 0 Å². The molecule has 2 heteroatoms. The molecule has 0 aliphatic heterocycles. The topological polar surface area (TPSA) is 38.0 Å². The molecule has 0 aliphatic rings. The summed E-state index contributed by atoms with van der Waals surface area (Å²) in [7, 11) is 2.01. The van der Waals surface area contributed by atoms with Crippen molar-refractivity contribution >= 4 is 0 Å². The Morgan fingerprint density at radius 3 is 1.92 bits per heavy atom. The van der Waals surface area contributed by atoms with Gasteiger partial charge in [0.25, 0.3) is 0 Å². The zero-order valence-electron chi connectivity index (χ0n) is 8.82. The lowest BCUT2D eigenvalue weighted by Gasteiger charge is -2.31. The third-order valence-electron chi connectivity index (χ3n) is 2.55. The molecule has 0 heterocycles. The highest BCUT2D eigenvalue weighted by Crippen LogP contribution is 2.27. The van der Waals surface area contributed by atoms with Crippen molar-refractivity contribution in [2.45, 2.75) is 39.5 Å². The molecule has 0 aromatic carbocycles. The predicted molar refractivity (Wildman–Crippen MR) is 55.2 cm³/mol. The minimum atomic E-state index is 0.359. The Kier molecular flexibility index (Phi) is 6.39. The van der Waals surface area contributed by atoms with Crippen LogP contribution < -0.4 is 11.1 Å². The van der Waals surface area contributed by atoms with Crippen LogP contribution in [0.5, 0.6) is 0 Å². The van der Waals surface area contributed by atoms with Crippen LogP contribution >= 0.6 is 0 Å². The third-order valence-corrected chi connectivity index (χ3v) is 2.55. The maximum Gasteiger partial charge on any atom is 0.00169 e. The van der Waals surface area contributed by atoms with E-state index in [2.05, 4.69) is 19.2 Å². The molecule has 0 atom stereocenters. The minimum absolute atomic E-state index is 0.359. The average Bonchev–Trinajstić information content (AvgIpc) is 2.06. The molecule has 0 fully saturated rings. The van der Waals surface area contributed by atoms with E-state index in [0.717, 1.165) is 13.1 Å². The summed E-state index contributed by atoms with van der Waals surface area (Å²) in [5, 5.41) is 3.25. The first-order valence-electron chi connectivity index (χ1n) is 5.09. The van der Waals surface area contributed by atoms with Crippen molar-refractivity contribution < 1.29 is 0 Å². The molecule has 12 heavy (non-hydrogen) atoms. The fourth-order valence-electron chi connectivity index (χ4n) is 2.01. The van der Waals surface area contributed by atoms with E-state index in [1.807, 2.05) is 7.05 Å². The first-order valence-corrected chi connectivity index (χ1v) is 5.09. The van der Waals surface area contributed by atoms with Crippen molar-refractivity contribution in [1.29, 1.82) is 0 Å². The van der Waals surface area contributed by atoms with E-state index in [9.17, 15) is 0 Å². The van der Waals surface area contributed by atoms with Gasteiger partial charge in [-0.05, 0) is 31.8 Å². The third kappa shape index (κ3) is 3.55. The predicted octanol–water partition coefficient (Wildman–Crippen LogP) is 1.75. The van der Waals surface area contributed by atoms with E-state index in [1.165, 1.54) is 25.7 Å². The standard InChI is InChI=1S/C10H24N2/c1-4-6-10(8-11,7-5-2)9-12-3/h12H,4-9,11H2,1-3H3. The van der Waals surface area contributed by atoms with Crippen LogP contribution in [0.1, 0.15) is 39.5 Å². The first-order chi connectivity index (χ1) is 5.74. The van der Waals surface area contributed by atoms with Crippen LogP contribution in [0.4, 0.5) is 0 Å². The van der Waals surface area contributed by atoms with Gasteiger partial charge >= 0.3 is 0 Å². The van der Waals surface area contributed by atoms with Gasteiger partial charge in [-0.25, -0.2) is 0 Å². The largest absolute Gasteiger partial charge is 0.330 e.